The lowest BCUT2D eigenvalue weighted by Crippen LogP contribution is -2.14. The summed E-state index contributed by atoms with van der Waals surface area (Å²) >= 11 is 0. The molecule has 0 bridgehead atoms. The molecule has 1 heterocycles. The third kappa shape index (κ3) is 3.29. The number of para-hydroxylation sites is 2. The van der Waals surface area contributed by atoms with Crippen molar-refractivity contribution in [2.24, 2.45) is 0 Å². The predicted octanol–water partition coefficient (Wildman–Crippen LogP) is 4.27. The Labute approximate surface area is 156 Å². The second kappa shape index (κ2) is 6.51. The molecule has 0 spiro atoms. The van der Waals surface area contributed by atoms with E-state index in [1.54, 1.807) is 25.4 Å². The minimum atomic E-state index is -3.80. The van der Waals surface area contributed by atoms with Crippen molar-refractivity contribution in [3.8, 4) is 5.69 Å². The average Bonchev–Trinajstić information content (AvgIpc) is 3.06. The smallest absolute Gasteiger partial charge is 0.262 e. The largest absolute Gasteiger partial charge is 0.299 e. The first kappa shape index (κ1) is 17.2. The van der Waals surface area contributed by atoms with E-state index in [-0.39, 0.29) is 4.90 Å². The molecule has 1 N–H and O–H groups in total. The summed E-state index contributed by atoms with van der Waals surface area (Å²) in [6, 6.07) is 18.3. The van der Waals surface area contributed by atoms with Gasteiger partial charge in [0.05, 0.1) is 15.9 Å². The molecule has 0 unspecified atom stereocenters. The molecule has 0 saturated carbocycles. The number of benzene rings is 3. The van der Waals surface area contributed by atoms with Crippen LogP contribution in [0.15, 0.2) is 78.0 Å². The van der Waals surface area contributed by atoms with Crippen LogP contribution in [0.1, 0.15) is 5.56 Å². The van der Waals surface area contributed by atoms with Crippen LogP contribution >= 0.6 is 0 Å². The second-order valence-electron chi connectivity index (χ2n) is 6.17. The standard InChI is InChI=1S/C20H16FN3O2S/c1-14-12-15(21)6-11-20(14)27(25,26)23-16-7-9-17(10-8-16)24-13-22-18-4-2-3-5-19(18)24/h2-13,23H,1H3. The number of aromatic nitrogens is 2. The Morgan fingerprint density at radius 2 is 1.74 bits per heavy atom. The summed E-state index contributed by atoms with van der Waals surface area (Å²) in [4.78, 5) is 4.40. The first-order chi connectivity index (χ1) is 12.9. The quantitative estimate of drug-likeness (QED) is 0.574. The van der Waals surface area contributed by atoms with Gasteiger partial charge in [0.15, 0.2) is 0 Å². The van der Waals surface area contributed by atoms with E-state index in [2.05, 4.69) is 9.71 Å². The molecule has 7 heteroatoms. The van der Waals surface area contributed by atoms with Crippen LogP contribution in [-0.4, -0.2) is 18.0 Å². The Morgan fingerprint density at radius 3 is 2.48 bits per heavy atom. The molecule has 136 valence electrons. The molecule has 0 atom stereocenters. The highest BCUT2D eigenvalue weighted by Crippen LogP contribution is 2.23. The number of sulfonamides is 1. The van der Waals surface area contributed by atoms with E-state index in [1.165, 1.54) is 12.1 Å². The summed E-state index contributed by atoms with van der Waals surface area (Å²) < 4.78 is 42.8. The van der Waals surface area contributed by atoms with Crippen LogP contribution in [0.3, 0.4) is 0 Å². The molecule has 0 saturated heterocycles. The summed E-state index contributed by atoms with van der Waals surface area (Å²) in [7, 11) is -3.80. The number of halogens is 1. The van der Waals surface area contributed by atoms with Gasteiger partial charge in [0.1, 0.15) is 12.1 Å². The Morgan fingerprint density at radius 1 is 1.00 bits per heavy atom. The summed E-state index contributed by atoms with van der Waals surface area (Å²) in [5.41, 5.74) is 3.49. The molecule has 0 aliphatic heterocycles. The fourth-order valence-corrected chi connectivity index (χ4v) is 4.27. The van der Waals surface area contributed by atoms with E-state index >= 15 is 0 Å². The fraction of sp³-hybridized carbons (Fsp3) is 0.0500. The number of anilines is 1. The second-order valence-corrected chi connectivity index (χ2v) is 7.82. The third-order valence-corrected chi connectivity index (χ3v) is 5.82. The Hall–Kier alpha value is -3.19. The Bertz CT molecular complexity index is 1230. The molecule has 1 aromatic heterocycles. The first-order valence-corrected chi connectivity index (χ1v) is 9.74. The van der Waals surface area contributed by atoms with Gasteiger partial charge in [0, 0.05) is 11.4 Å². The van der Waals surface area contributed by atoms with Gasteiger partial charge in [0.25, 0.3) is 10.0 Å². The zero-order chi connectivity index (χ0) is 19.0. The highest BCUT2D eigenvalue weighted by Gasteiger charge is 2.17. The van der Waals surface area contributed by atoms with Crippen molar-refractivity contribution >= 4 is 26.7 Å². The van der Waals surface area contributed by atoms with E-state index in [4.69, 9.17) is 0 Å². The topological polar surface area (TPSA) is 64.0 Å². The van der Waals surface area contributed by atoms with Crippen LogP contribution in [0.25, 0.3) is 16.7 Å². The third-order valence-electron chi connectivity index (χ3n) is 4.28. The van der Waals surface area contributed by atoms with E-state index in [0.717, 1.165) is 22.8 Å². The molecular weight excluding hydrogens is 365 g/mol. The highest BCUT2D eigenvalue weighted by molar-refractivity contribution is 7.92. The molecule has 5 nitrogen and oxygen atoms in total. The van der Waals surface area contributed by atoms with E-state index in [1.807, 2.05) is 41.0 Å². The van der Waals surface area contributed by atoms with Crippen molar-refractivity contribution in [1.82, 2.24) is 9.55 Å². The van der Waals surface area contributed by atoms with Crippen LogP contribution in [0.4, 0.5) is 10.1 Å². The van der Waals surface area contributed by atoms with Crippen molar-refractivity contribution < 1.29 is 12.8 Å². The fourth-order valence-electron chi connectivity index (χ4n) is 2.98. The number of fused-ring (bicyclic) bond motifs is 1. The Kier molecular flexibility index (Phi) is 4.16. The van der Waals surface area contributed by atoms with Crippen LogP contribution in [-0.2, 0) is 10.0 Å². The van der Waals surface area contributed by atoms with Gasteiger partial charge >= 0.3 is 0 Å². The van der Waals surface area contributed by atoms with Gasteiger partial charge in [-0.2, -0.15) is 0 Å². The summed E-state index contributed by atoms with van der Waals surface area (Å²) in [5, 5.41) is 0. The molecule has 0 aliphatic carbocycles. The molecule has 0 amide bonds. The predicted molar refractivity (Wildman–Crippen MR) is 103 cm³/mol. The number of imidazole rings is 1. The van der Waals surface area contributed by atoms with Gasteiger partial charge in [-0.15, -0.1) is 0 Å². The first-order valence-electron chi connectivity index (χ1n) is 8.25. The number of hydrogen-bond acceptors (Lipinski definition) is 3. The van der Waals surface area contributed by atoms with Gasteiger partial charge in [-0.05, 0) is 67.1 Å². The highest BCUT2D eigenvalue weighted by atomic mass is 32.2. The maximum Gasteiger partial charge on any atom is 0.262 e. The van der Waals surface area contributed by atoms with E-state index in [9.17, 15) is 12.8 Å². The van der Waals surface area contributed by atoms with Crippen molar-refractivity contribution in [3.05, 3.63) is 84.4 Å². The molecule has 27 heavy (non-hydrogen) atoms. The minimum Gasteiger partial charge on any atom is -0.299 e. The molecule has 0 aliphatic rings. The maximum absolute atomic E-state index is 13.2. The van der Waals surface area contributed by atoms with Crippen molar-refractivity contribution in [2.75, 3.05) is 4.72 Å². The molecule has 0 radical (unpaired) electrons. The SMILES string of the molecule is Cc1cc(F)ccc1S(=O)(=O)Nc1ccc(-n2cnc3ccccc32)cc1. The van der Waals surface area contributed by atoms with Crippen LogP contribution in [0.5, 0.6) is 0 Å². The normalized spacial score (nSPS) is 11.6. The van der Waals surface area contributed by atoms with E-state index in [0.29, 0.717) is 11.3 Å². The maximum atomic E-state index is 13.2. The zero-order valence-corrected chi connectivity index (χ0v) is 15.2. The monoisotopic (exact) mass is 381 g/mol. The van der Waals surface area contributed by atoms with Crippen LogP contribution in [0.2, 0.25) is 0 Å². The summed E-state index contributed by atoms with van der Waals surface area (Å²) in [6.45, 7) is 1.56. The number of hydrogen-bond donors (Lipinski definition) is 1. The van der Waals surface area contributed by atoms with Crippen LogP contribution < -0.4 is 4.72 Å². The molecule has 3 aromatic carbocycles. The molecular formula is C20H16FN3O2S. The minimum absolute atomic E-state index is 0.0496. The molecule has 0 fully saturated rings. The number of nitrogens with zero attached hydrogens (tertiary/aromatic N) is 2. The van der Waals surface area contributed by atoms with Crippen molar-refractivity contribution in [1.29, 1.82) is 0 Å². The van der Waals surface area contributed by atoms with Gasteiger partial charge in [-0.3, -0.25) is 9.29 Å². The molecule has 4 aromatic rings. The average molecular weight is 381 g/mol. The van der Waals surface area contributed by atoms with Gasteiger partial charge in [0.2, 0.25) is 0 Å². The summed E-state index contributed by atoms with van der Waals surface area (Å²) in [6.07, 6.45) is 1.73. The number of aryl methyl sites for hydroxylation is 1. The lowest BCUT2D eigenvalue weighted by molar-refractivity contribution is 0.598. The summed E-state index contributed by atoms with van der Waals surface area (Å²) in [5.74, 6) is -0.469. The number of rotatable bonds is 4. The van der Waals surface area contributed by atoms with Gasteiger partial charge in [-0.25, -0.2) is 17.8 Å². The molecule has 4 rings (SSSR count). The van der Waals surface area contributed by atoms with Gasteiger partial charge < -0.3 is 0 Å². The lowest BCUT2D eigenvalue weighted by Gasteiger charge is -2.11. The van der Waals surface area contributed by atoms with Gasteiger partial charge in [-0.1, -0.05) is 12.1 Å². The lowest BCUT2D eigenvalue weighted by atomic mass is 10.2. The van der Waals surface area contributed by atoms with Crippen molar-refractivity contribution in [2.45, 2.75) is 11.8 Å². The Balaban J connectivity index is 1.63. The van der Waals surface area contributed by atoms with Crippen LogP contribution in [0, 0.1) is 12.7 Å². The number of nitrogens with one attached hydrogen (secondary N) is 1. The van der Waals surface area contributed by atoms with Crippen molar-refractivity contribution in [3.63, 3.8) is 0 Å². The van der Waals surface area contributed by atoms with E-state index < -0.39 is 15.8 Å². The zero-order valence-electron chi connectivity index (χ0n) is 14.4.